The number of carbonyl (C=O) groups excluding carboxylic acids is 1. The smallest absolute Gasteiger partial charge is 0.247 e. The zero-order valence-electron chi connectivity index (χ0n) is 19.8. The zero-order chi connectivity index (χ0) is 24.0. The fourth-order valence-corrected chi connectivity index (χ4v) is 3.23. The standard InChI is InChI=1S/C24H31N7O2/c1-7-23(32)26-18-14-19(21(33-6)15-20(18)30(5)13-12-29(3)4)27-24-25-10-8-22(28-24)31-11-9-17(2)16-31/h7-11,14-16H,1,12-13H2,2-6H3,(H,26,32)(H,25,27,28). The maximum absolute atomic E-state index is 12.1. The van der Waals surface area contributed by atoms with Crippen LogP contribution in [0.1, 0.15) is 5.56 Å². The molecule has 1 aromatic carbocycles. The predicted molar refractivity (Wildman–Crippen MR) is 133 cm³/mol. The van der Waals surface area contributed by atoms with Crippen molar-refractivity contribution in [3.63, 3.8) is 0 Å². The molecule has 0 unspecified atom stereocenters. The van der Waals surface area contributed by atoms with Gasteiger partial charge in [-0.05, 0) is 50.9 Å². The number of ether oxygens (including phenoxy) is 1. The summed E-state index contributed by atoms with van der Waals surface area (Å²) in [5.41, 5.74) is 3.22. The third-order valence-electron chi connectivity index (χ3n) is 5.05. The van der Waals surface area contributed by atoms with Crippen LogP contribution in [0.3, 0.4) is 0 Å². The summed E-state index contributed by atoms with van der Waals surface area (Å²) in [4.78, 5) is 25.2. The lowest BCUT2D eigenvalue weighted by Gasteiger charge is -2.26. The minimum absolute atomic E-state index is 0.297. The van der Waals surface area contributed by atoms with Gasteiger partial charge in [0, 0.05) is 44.8 Å². The SMILES string of the molecule is C=CC(=O)Nc1cc(Nc2nccc(-n3ccc(C)c3)n2)c(OC)cc1N(C)CCN(C)C. The Kier molecular flexibility index (Phi) is 7.68. The second kappa shape index (κ2) is 10.6. The molecule has 1 amide bonds. The highest BCUT2D eigenvalue weighted by Crippen LogP contribution is 2.37. The molecule has 2 N–H and O–H groups in total. The first-order valence-electron chi connectivity index (χ1n) is 10.6. The van der Waals surface area contributed by atoms with Gasteiger partial charge in [0.2, 0.25) is 11.9 Å². The van der Waals surface area contributed by atoms with Gasteiger partial charge in [-0.2, -0.15) is 4.98 Å². The molecule has 9 heteroatoms. The van der Waals surface area contributed by atoms with E-state index in [4.69, 9.17) is 4.74 Å². The highest BCUT2D eigenvalue weighted by molar-refractivity contribution is 6.02. The highest BCUT2D eigenvalue weighted by atomic mass is 16.5. The van der Waals surface area contributed by atoms with Crippen molar-refractivity contribution in [1.29, 1.82) is 0 Å². The Bertz CT molecular complexity index is 1120. The fraction of sp³-hybridized carbons (Fsp3) is 0.292. The van der Waals surface area contributed by atoms with Gasteiger partial charge in [0.25, 0.3) is 0 Å². The lowest BCUT2D eigenvalue weighted by Crippen LogP contribution is -2.29. The van der Waals surface area contributed by atoms with E-state index in [9.17, 15) is 4.79 Å². The normalized spacial score (nSPS) is 10.7. The van der Waals surface area contributed by atoms with Crippen LogP contribution in [-0.2, 0) is 4.79 Å². The quantitative estimate of drug-likeness (QED) is 0.459. The van der Waals surface area contributed by atoms with E-state index >= 15 is 0 Å². The molecule has 0 spiro atoms. The number of aryl methyl sites for hydroxylation is 1. The van der Waals surface area contributed by atoms with Gasteiger partial charge in [0.05, 0.1) is 24.2 Å². The number of anilines is 4. The van der Waals surface area contributed by atoms with Crippen molar-refractivity contribution < 1.29 is 9.53 Å². The molecule has 0 atom stereocenters. The van der Waals surface area contributed by atoms with Crippen molar-refractivity contribution in [2.45, 2.75) is 6.92 Å². The van der Waals surface area contributed by atoms with Crippen molar-refractivity contribution in [2.24, 2.45) is 0 Å². The molecule has 0 aliphatic heterocycles. The van der Waals surface area contributed by atoms with Gasteiger partial charge in [-0.1, -0.05) is 6.58 Å². The lowest BCUT2D eigenvalue weighted by atomic mass is 10.2. The van der Waals surface area contributed by atoms with Crippen molar-refractivity contribution in [3.05, 3.63) is 61.1 Å². The summed E-state index contributed by atoms with van der Waals surface area (Å²) in [6.45, 7) is 7.21. The number of methoxy groups -OCH3 is 1. The maximum Gasteiger partial charge on any atom is 0.247 e. The summed E-state index contributed by atoms with van der Waals surface area (Å²) < 4.78 is 7.57. The zero-order valence-corrected chi connectivity index (χ0v) is 19.8. The molecule has 174 valence electrons. The first-order valence-corrected chi connectivity index (χ1v) is 10.6. The number of hydrogen-bond donors (Lipinski definition) is 2. The third kappa shape index (κ3) is 6.11. The molecule has 0 saturated heterocycles. The van der Waals surface area contributed by atoms with Gasteiger partial charge in [0.15, 0.2) is 0 Å². The van der Waals surface area contributed by atoms with Gasteiger partial charge >= 0.3 is 0 Å². The minimum Gasteiger partial charge on any atom is -0.494 e. The molecule has 0 saturated carbocycles. The van der Waals surface area contributed by atoms with Crippen LogP contribution in [0.2, 0.25) is 0 Å². The van der Waals surface area contributed by atoms with E-state index in [-0.39, 0.29) is 5.91 Å². The molecule has 0 fully saturated rings. The molecule has 0 aliphatic rings. The summed E-state index contributed by atoms with van der Waals surface area (Å²) in [5.74, 6) is 1.45. The molecular formula is C24H31N7O2. The number of likely N-dealkylation sites (N-methyl/N-ethyl adjacent to an activating group) is 2. The Morgan fingerprint density at radius 1 is 1.21 bits per heavy atom. The second-order valence-electron chi connectivity index (χ2n) is 7.95. The van der Waals surface area contributed by atoms with E-state index in [1.165, 1.54) is 6.08 Å². The van der Waals surface area contributed by atoms with Crippen LogP contribution in [0.5, 0.6) is 5.75 Å². The fourth-order valence-electron chi connectivity index (χ4n) is 3.23. The Morgan fingerprint density at radius 3 is 2.64 bits per heavy atom. The van der Waals surface area contributed by atoms with Crippen molar-refractivity contribution in [1.82, 2.24) is 19.4 Å². The van der Waals surface area contributed by atoms with E-state index in [2.05, 4.69) is 37.0 Å². The average Bonchev–Trinajstić information content (AvgIpc) is 3.24. The Labute approximate surface area is 194 Å². The number of carbonyl (C=O) groups is 1. The first-order chi connectivity index (χ1) is 15.8. The first kappa shape index (κ1) is 23.8. The van der Waals surface area contributed by atoms with Crippen LogP contribution in [0.15, 0.2) is 55.5 Å². The molecular weight excluding hydrogens is 418 g/mol. The van der Waals surface area contributed by atoms with E-state index in [0.717, 1.165) is 30.2 Å². The van der Waals surface area contributed by atoms with Crippen molar-refractivity contribution in [3.8, 4) is 11.6 Å². The largest absolute Gasteiger partial charge is 0.494 e. The molecule has 0 bridgehead atoms. The summed E-state index contributed by atoms with van der Waals surface area (Å²) in [6, 6.07) is 7.55. The molecule has 3 aromatic rings. The van der Waals surface area contributed by atoms with Gasteiger partial charge < -0.3 is 29.7 Å². The Hall–Kier alpha value is -3.85. The maximum atomic E-state index is 12.1. The molecule has 0 aliphatic carbocycles. The number of aromatic nitrogens is 3. The molecule has 33 heavy (non-hydrogen) atoms. The number of nitrogens with zero attached hydrogens (tertiary/aromatic N) is 5. The number of amides is 1. The van der Waals surface area contributed by atoms with Crippen molar-refractivity contribution in [2.75, 3.05) is 56.9 Å². The van der Waals surface area contributed by atoms with Crippen LogP contribution in [0.4, 0.5) is 23.0 Å². The van der Waals surface area contributed by atoms with E-state index in [0.29, 0.717) is 23.1 Å². The number of benzene rings is 1. The van der Waals surface area contributed by atoms with Gasteiger partial charge in [-0.15, -0.1) is 0 Å². The van der Waals surface area contributed by atoms with Crippen LogP contribution in [-0.4, -0.2) is 66.7 Å². The third-order valence-corrected chi connectivity index (χ3v) is 5.05. The lowest BCUT2D eigenvalue weighted by molar-refractivity contribution is -0.111. The van der Waals surface area contributed by atoms with Gasteiger partial charge in [-0.25, -0.2) is 4.98 Å². The van der Waals surface area contributed by atoms with Gasteiger partial charge in [0.1, 0.15) is 11.6 Å². The molecule has 2 heterocycles. The highest BCUT2D eigenvalue weighted by Gasteiger charge is 2.16. The number of rotatable bonds is 10. The van der Waals surface area contributed by atoms with E-state index in [1.807, 2.05) is 69.3 Å². The molecule has 2 aromatic heterocycles. The molecule has 0 radical (unpaired) electrons. The summed E-state index contributed by atoms with van der Waals surface area (Å²) in [5, 5.41) is 6.12. The molecule has 9 nitrogen and oxygen atoms in total. The summed E-state index contributed by atoms with van der Waals surface area (Å²) in [7, 11) is 7.61. The Balaban J connectivity index is 1.96. The van der Waals surface area contributed by atoms with Gasteiger partial charge in [-0.3, -0.25) is 4.79 Å². The van der Waals surface area contributed by atoms with E-state index < -0.39 is 0 Å². The summed E-state index contributed by atoms with van der Waals surface area (Å²) >= 11 is 0. The monoisotopic (exact) mass is 449 g/mol. The van der Waals surface area contributed by atoms with Crippen LogP contribution >= 0.6 is 0 Å². The predicted octanol–water partition coefficient (Wildman–Crippen LogP) is 3.45. The van der Waals surface area contributed by atoms with Crippen LogP contribution in [0, 0.1) is 6.92 Å². The topological polar surface area (TPSA) is 87.5 Å². The van der Waals surface area contributed by atoms with Crippen LogP contribution < -0.4 is 20.3 Å². The second-order valence-corrected chi connectivity index (χ2v) is 7.95. The van der Waals surface area contributed by atoms with Crippen molar-refractivity contribution >= 4 is 28.9 Å². The molecule has 3 rings (SSSR count). The number of hydrogen-bond acceptors (Lipinski definition) is 7. The number of nitrogens with one attached hydrogen (secondary N) is 2. The van der Waals surface area contributed by atoms with E-state index in [1.54, 1.807) is 13.3 Å². The van der Waals surface area contributed by atoms with Crippen LogP contribution in [0.25, 0.3) is 5.82 Å². The average molecular weight is 450 g/mol. The summed E-state index contributed by atoms with van der Waals surface area (Å²) in [6.07, 6.45) is 6.88. The minimum atomic E-state index is -0.297. The Morgan fingerprint density at radius 2 is 2.00 bits per heavy atom.